The van der Waals surface area contributed by atoms with Crippen molar-refractivity contribution >= 4 is 5.91 Å². The SMILES string of the molecule is Cc1ccc(CCNC(=O)CC2CCNCC2)o1. The highest BCUT2D eigenvalue weighted by atomic mass is 16.3. The lowest BCUT2D eigenvalue weighted by Crippen LogP contribution is -2.32. The summed E-state index contributed by atoms with van der Waals surface area (Å²) in [6.07, 6.45) is 3.67. The van der Waals surface area contributed by atoms with Gasteiger partial charge in [0.1, 0.15) is 11.5 Å². The molecule has 1 aliphatic rings. The molecule has 0 atom stereocenters. The summed E-state index contributed by atoms with van der Waals surface area (Å²) in [6, 6.07) is 3.92. The van der Waals surface area contributed by atoms with Gasteiger partial charge in [0.05, 0.1) is 0 Å². The molecule has 2 N–H and O–H groups in total. The molecule has 4 nitrogen and oxygen atoms in total. The molecule has 1 aromatic heterocycles. The molecule has 100 valence electrons. The van der Waals surface area contributed by atoms with Gasteiger partial charge in [-0.05, 0) is 50.9 Å². The monoisotopic (exact) mass is 250 g/mol. The van der Waals surface area contributed by atoms with E-state index in [1.165, 1.54) is 0 Å². The second-order valence-electron chi connectivity index (χ2n) is 5.01. The molecule has 2 heterocycles. The molecule has 1 fully saturated rings. The van der Waals surface area contributed by atoms with Gasteiger partial charge in [-0.25, -0.2) is 0 Å². The Kier molecular flexibility index (Phi) is 4.81. The van der Waals surface area contributed by atoms with Crippen molar-refractivity contribution in [2.24, 2.45) is 5.92 Å². The van der Waals surface area contributed by atoms with Crippen molar-refractivity contribution in [3.63, 3.8) is 0 Å². The normalized spacial score (nSPS) is 16.7. The lowest BCUT2D eigenvalue weighted by Gasteiger charge is -2.21. The minimum Gasteiger partial charge on any atom is -0.466 e. The largest absolute Gasteiger partial charge is 0.466 e. The topological polar surface area (TPSA) is 54.3 Å². The molecular weight excluding hydrogens is 228 g/mol. The fourth-order valence-corrected chi connectivity index (χ4v) is 2.36. The molecule has 0 aliphatic carbocycles. The molecule has 1 saturated heterocycles. The molecule has 0 aromatic carbocycles. The van der Waals surface area contributed by atoms with Gasteiger partial charge in [0.15, 0.2) is 0 Å². The second-order valence-corrected chi connectivity index (χ2v) is 5.01. The molecule has 0 unspecified atom stereocenters. The fourth-order valence-electron chi connectivity index (χ4n) is 2.36. The van der Waals surface area contributed by atoms with Crippen LogP contribution in [0.25, 0.3) is 0 Å². The van der Waals surface area contributed by atoms with Gasteiger partial charge < -0.3 is 15.1 Å². The smallest absolute Gasteiger partial charge is 0.220 e. The maximum Gasteiger partial charge on any atom is 0.220 e. The number of nitrogens with one attached hydrogen (secondary N) is 2. The van der Waals surface area contributed by atoms with Crippen molar-refractivity contribution in [2.75, 3.05) is 19.6 Å². The van der Waals surface area contributed by atoms with Crippen LogP contribution >= 0.6 is 0 Å². The fraction of sp³-hybridized carbons (Fsp3) is 0.643. The van der Waals surface area contributed by atoms with E-state index in [1.54, 1.807) is 0 Å². The highest BCUT2D eigenvalue weighted by Gasteiger charge is 2.16. The van der Waals surface area contributed by atoms with E-state index < -0.39 is 0 Å². The predicted molar refractivity (Wildman–Crippen MR) is 70.4 cm³/mol. The Labute approximate surface area is 108 Å². The van der Waals surface area contributed by atoms with Crippen LogP contribution in [0, 0.1) is 12.8 Å². The van der Waals surface area contributed by atoms with Crippen LogP contribution in [0.15, 0.2) is 16.5 Å². The van der Waals surface area contributed by atoms with Crippen molar-refractivity contribution in [1.29, 1.82) is 0 Å². The summed E-state index contributed by atoms with van der Waals surface area (Å²) in [4.78, 5) is 11.7. The number of carbonyl (C=O) groups is 1. The quantitative estimate of drug-likeness (QED) is 0.835. The number of carbonyl (C=O) groups excluding carboxylic acids is 1. The summed E-state index contributed by atoms with van der Waals surface area (Å²) in [5, 5.41) is 6.28. The van der Waals surface area contributed by atoms with E-state index in [9.17, 15) is 4.79 Å². The summed E-state index contributed by atoms with van der Waals surface area (Å²) < 4.78 is 5.46. The third-order valence-electron chi connectivity index (χ3n) is 3.42. The number of aryl methyl sites for hydroxylation is 1. The zero-order valence-corrected chi connectivity index (χ0v) is 11.0. The van der Waals surface area contributed by atoms with Crippen molar-refractivity contribution in [2.45, 2.75) is 32.6 Å². The average molecular weight is 250 g/mol. The average Bonchev–Trinajstić information content (AvgIpc) is 2.76. The number of hydrogen-bond acceptors (Lipinski definition) is 3. The van der Waals surface area contributed by atoms with E-state index in [-0.39, 0.29) is 5.91 Å². The van der Waals surface area contributed by atoms with Crippen LogP contribution in [0.4, 0.5) is 0 Å². The van der Waals surface area contributed by atoms with E-state index in [1.807, 2.05) is 19.1 Å². The van der Waals surface area contributed by atoms with Crippen LogP contribution in [0.5, 0.6) is 0 Å². The Morgan fingerprint density at radius 1 is 1.44 bits per heavy atom. The Balaban J connectivity index is 1.62. The minimum atomic E-state index is 0.171. The first-order valence-electron chi connectivity index (χ1n) is 6.77. The van der Waals surface area contributed by atoms with Crippen LogP contribution in [0.3, 0.4) is 0 Å². The Bertz CT molecular complexity index is 381. The molecule has 0 radical (unpaired) electrons. The van der Waals surface area contributed by atoms with Crippen LogP contribution < -0.4 is 10.6 Å². The zero-order chi connectivity index (χ0) is 12.8. The maximum absolute atomic E-state index is 11.7. The third kappa shape index (κ3) is 4.18. The van der Waals surface area contributed by atoms with Crippen molar-refractivity contribution in [3.05, 3.63) is 23.7 Å². The summed E-state index contributed by atoms with van der Waals surface area (Å²) in [7, 11) is 0. The summed E-state index contributed by atoms with van der Waals surface area (Å²) in [6.45, 7) is 4.68. The van der Waals surface area contributed by atoms with E-state index in [0.29, 0.717) is 18.9 Å². The predicted octanol–water partition coefficient (Wildman–Crippen LogP) is 1.64. The van der Waals surface area contributed by atoms with Gasteiger partial charge in [0.25, 0.3) is 0 Å². The van der Waals surface area contributed by atoms with Gasteiger partial charge in [-0.2, -0.15) is 0 Å². The minimum absolute atomic E-state index is 0.171. The van der Waals surface area contributed by atoms with Crippen LogP contribution in [-0.2, 0) is 11.2 Å². The highest BCUT2D eigenvalue weighted by Crippen LogP contribution is 2.15. The zero-order valence-electron chi connectivity index (χ0n) is 11.0. The lowest BCUT2D eigenvalue weighted by atomic mass is 9.94. The van der Waals surface area contributed by atoms with E-state index in [2.05, 4.69) is 10.6 Å². The summed E-state index contributed by atoms with van der Waals surface area (Å²) in [5.41, 5.74) is 0. The maximum atomic E-state index is 11.7. The molecule has 1 amide bonds. The summed E-state index contributed by atoms with van der Waals surface area (Å²) >= 11 is 0. The van der Waals surface area contributed by atoms with Crippen molar-refractivity contribution in [1.82, 2.24) is 10.6 Å². The van der Waals surface area contributed by atoms with Gasteiger partial charge >= 0.3 is 0 Å². The first-order chi connectivity index (χ1) is 8.74. The van der Waals surface area contributed by atoms with Crippen LogP contribution in [0.1, 0.15) is 30.8 Å². The van der Waals surface area contributed by atoms with Gasteiger partial charge in [-0.3, -0.25) is 4.79 Å². The number of rotatable bonds is 5. The van der Waals surface area contributed by atoms with E-state index in [0.717, 1.165) is 43.9 Å². The van der Waals surface area contributed by atoms with Gasteiger partial charge in [0.2, 0.25) is 5.91 Å². The van der Waals surface area contributed by atoms with Gasteiger partial charge in [0, 0.05) is 19.4 Å². The first-order valence-corrected chi connectivity index (χ1v) is 6.77. The molecule has 2 rings (SSSR count). The van der Waals surface area contributed by atoms with Crippen molar-refractivity contribution in [3.8, 4) is 0 Å². The third-order valence-corrected chi connectivity index (χ3v) is 3.42. The Hall–Kier alpha value is -1.29. The van der Waals surface area contributed by atoms with Gasteiger partial charge in [-0.15, -0.1) is 0 Å². The molecular formula is C14H22N2O2. The molecule has 0 saturated carbocycles. The molecule has 0 bridgehead atoms. The number of amides is 1. The number of piperidine rings is 1. The Morgan fingerprint density at radius 3 is 2.89 bits per heavy atom. The van der Waals surface area contributed by atoms with Crippen LogP contribution in [-0.4, -0.2) is 25.5 Å². The standard InChI is InChI=1S/C14H22N2O2/c1-11-2-3-13(18-11)6-9-16-14(17)10-12-4-7-15-8-5-12/h2-3,12,15H,4-10H2,1H3,(H,16,17). The number of furan rings is 1. The lowest BCUT2D eigenvalue weighted by molar-refractivity contribution is -0.122. The van der Waals surface area contributed by atoms with Crippen LogP contribution in [0.2, 0.25) is 0 Å². The molecule has 18 heavy (non-hydrogen) atoms. The van der Waals surface area contributed by atoms with E-state index in [4.69, 9.17) is 4.42 Å². The van der Waals surface area contributed by atoms with Gasteiger partial charge in [-0.1, -0.05) is 0 Å². The molecule has 4 heteroatoms. The second kappa shape index (κ2) is 6.59. The first kappa shape index (κ1) is 13.1. The Morgan fingerprint density at radius 2 is 2.22 bits per heavy atom. The molecule has 1 aliphatic heterocycles. The van der Waals surface area contributed by atoms with E-state index >= 15 is 0 Å². The highest BCUT2D eigenvalue weighted by molar-refractivity contribution is 5.76. The molecule has 0 spiro atoms. The van der Waals surface area contributed by atoms with Crippen molar-refractivity contribution < 1.29 is 9.21 Å². The summed E-state index contributed by atoms with van der Waals surface area (Å²) in [5.74, 6) is 2.59. The number of hydrogen-bond donors (Lipinski definition) is 2. The molecule has 1 aromatic rings.